The Bertz CT molecular complexity index is 1990. The van der Waals surface area contributed by atoms with Crippen LogP contribution in [0, 0.1) is 5.82 Å². The van der Waals surface area contributed by atoms with Crippen LogP contribution in [0.25, 0.3) is 32.2 Å². The molecule has 218 valence electrons. The number of nitrogens with zero attached hydrogens (tertiary/aromatic N) is 7. The first kappa shape index (κ1) is 28.5. The number of hydrazone groups is 1. The van der Waals surface area contributed by atoms with E-state index in [4.69, 9.17) is 9.72 Å². The molecule has 10 nitrogen and oxygen atoms in total. The minimum absolute atomic E-state index is 0.0463. The Balaban J connectivity index is 1.35. The Hall–Kier alpha value is -4.62. The lowest BCUT2D eigenvalue weighted by Gasteiger charge is -2.17. The topological polar surface area (TPSA) is 112 Å². The fraction of sp³-hybridized carbons (Fsp3) is 0.200. The third-order valence-electron chi connectivity index (χ3n) is 6.62. The van der Waals surface area contributed by atoms with E-state index in [1.165, 1.54) is 29.2 Å². The van der Waals surface area contributed by atoms with Crippen LogP contribution in [0.4, 0.5) is 10.2 Å². The van der Waals surface area contributed by atoms with Gasteiger partial charge < -0.3 is 9.30 Å². The van der Waals surface area contributed by atoms with Crippen LogP contribution in [-0.2, 0) is 7.05 Å². The molecule has 6 aromatic rings. The van der Waals surface area contributed by atoms with E-state index in [9.17, 15) is 4.79 Å². The molecule has 0 aliphatic carbocycles. The second-order valence-electron chi connectivity index (χ2n) is 9.72. The SMILES string of the molecule is CCCOc1cnc2ccn([C@H](C)/C(=N/Nc3ncc(-c4cnn(C)c4)cc3F)Sc3nc4ccccc4s3)c(=O)c2c1. The number of anilines is 1. The van der Waals surface area contributed by atoms with Crippen LogP contribution in [0.5, 0.6) is 5.75 Å². The maximum Gasteiger partial charge on any atom is 0.260 e. The zero-order chi connectivity index (χ0) is 29.9. The molecule has 13 heteroatoms. The first-order valence-electron chi connectivity index (χ1n) is 13.5. The highest BCUT2D eigenvalue weighted by Crippen LogP contribution is 2.33. The summed E-state index contributed by atoms with van der Waals surface area (Å²) in [5.41, 5.74) is 5.30. The zero-order valence-corrected chi connectivity index (χ0v) is 25.2. The molecule has 6 rings (SSSR count). The maximum absolute atomic E-state index is 15.1. The monoisotopic (exact) mass is 614 g/mol. The lowest BCUT2D eigenvalue weighted by atomic mass is 10.1. The van der Waals surface area contributed by atoms with Gasteiger partial charge in [0.1, 0.15) is 10.8 Å². The van der Waals surface area contributed by atoms with Crippen molar-refractivity contribution in [3.63, 3.8) is 0 Å². The van der Waals surface area contributed by atoms with Crippen molar-refractivity contribution in [2.24, 2.45) is 12.1 Å². The van der Waals surface area contributed by atoms with Crippen molar-refractivity contribution in [3.8, 4) is 16.9 Å². The average Bonchev–Trinajstić information content (AvgIpc) is 3.64. The molecule has 43 heavy (non-hydrogen) atoms. The van der Waals surface area contributed by atoms with Gasteiger partial charge in [0.05, 0.1) is 46.2 Å². The number of ether oxygens (including phenoxy) is 1. The van der Waals surface area contributed by atoms with Crippen molar-refractivity contribution >= 4 is 55.1 Å². The first-order chi connectivity index (χ1) is 20.9. The van der Waals surface area contributed by atoms with Crippen molar-refractivity contribution < 1.29 is 9.13 Å². The van der Waals surface area contributed by atoms with Crippen LogP contribution in [0.2, 0.25) is 0 Å². The smallest absolute Gasteiger partial charge is 0.260 e. The second-order valence-corrected chi connectivity index (χ2v) is 12.0. The third-order valence-corrected chi connectivity index (χ3v) is 8.85. The predicted octanol–water partition coefficient (Wildman–Crippen LogP) is 6.51. The molecule has 1 atom stereocenters. The third kappa shape index (κ3) is 6.13. The van der Waals surface area contributed by atoms with Crippen LogP contribution >= 0.6 is 23.1 Å². The van der Waals surface area contributed by atoms with Crippen molar-refractivity contribution in [1.29, 1.82) is 0 Å². The minimum atomic E-state index is -0.573. The van der Waals surface area contributed by atoms with E-state index in [2.05, 4.69) is 25.6 Å². The first-order valence-corrected chi connectivity index (χ1v) is 15.2. The number of rotatable bonds is 9. The molecule has 5 aromatic heterocycles. The van der Waals surface area contributed by atoms with Gasteiger partial charge in [-0.2, -0.15) is 10.2 Å². The number of hydrogen-bond donors (Lipinski definition) is 1. The van der Waals surface area contributed by atoms with Gasteiger partial charge in [0, 0.05) is 36.8 Å². The van der Waals surface area contributed by atoms with Gasteiger partial charge >= 0.3 is 0 Å². The zero-order valence-electron chi connectivity index (χ0n) is 23.6. The van der Waals surface area contributed by atoms with Gasteiger partial charge in [-0.3, -0.25) is 19.9 Å². The molecule has 0 amide bonds. The van der Waals surface area contributed by atoms with Crippen molar-refractivity contribution in [3.05, 3.63) is 89.6 Å². The van der Waals surface area contributed by atoms with Crippen LogP contribution < -0.4 is 15.7 Å². The summed E-state index contributed by atoms with van der Waals surface area (Å²) in [6.45, 7) is 4.39. The molecule has 0 fully saturated rings. The number of benzene rings is 1. The summed E-state index contributed by atoms with van der Waals surface area (Å²) < 4.78 is 25.8. The van der Waals surface area contributed by atoms with Gasteiger partial charge in [-0.25, -0.2) is 14.4 Å². The van der Waals surface area contributed by atoms with Gasteiger partial charge in [-0.1, -0.05) is 19.1 Å². The number of para-hydroxylation sites is 1. The predicted molar refractivity (Wildman–Crippen MR) is 169 cm³/mol. The largest absolute Gasteiger partial charge is 0.492 e. The highest BCUT2D eigenvalue weighted by Gasteiger charge is 2.20. The van der Waals surface area contributed by atoms with Gasteiger partial charge in [-0.15, -0.1) is 11.3 Å². The molecule has 0 aliphatic rings. The number of hydrogen-bond acceptors (Lipinski definition) is 10. The molecule has 1 N–H and O–H groups in total. The van der Waals surface area contributed by atoms with Gasteiger partial charge in [0.15, 0.2) is 16.0 Å². The summed E-state index contributed by atoms with van der Waals surface area (Å²) in [4.78, 5) is 27.1. The highest BCUT2D eigenvalue weighted by molar-refractivity contribution is 8.15. The fourth-order valence-electron chi connectivity index (χ4n) is 4.38. The summed E-state index contributed by atoms with van der Waals surface area (Å²) in [6.07, 6.45) is 9.13. The Kier molecular flexibility index (Phi) is 8.16. The second kappa shape index (κ2) is 12.3. The molecule has 0 radical (unpaired) electrons. The molecule has 1 aromatic carbocycles. The molecule has 0 bridgehead atoms. The Morgan fingerprint density at radius 3 is 2.77 bits per heavy atom. The normalized spacial score (nSPS) is 12.6. The maximum atomic E-state index is 15.1. The van der Waals surface area contributed by atoms with Crippen molar-refractivity contribution in [1.82, 2.24) is 29.3 Å². The molecular formula is C30H27FN8O2S2. The van der Waals surface area contributed by atoms with Crippen molar-refractivity contribution in [2.45, 2.75) is 30.6 Å². The fourth-order valence-corrected chi connectivity index (χ4v) is 6.47. The van der Waals surface area contributed by atoms with E-state index in [1.54, 1.807) is 59.4 Å². The standard InChI is InChI=1S/C30H27FN8O2S2/c1-4-11-41-21-13-22-24(32-16-21)9-10-39(29(22)40)18(2)28(43-30-35-25-7-5-6-8-26(25)42-30)37-36-27-23(31)12-19(14-33-27)20-15-34-38(3)17-20/h5-10,12-18H,4,11H2,1-3H3,(H,33,36)/b37-28-/t18-/m1/s1. The molecule has 0 saturated heterocycles. The van der Waals surface area contributed by atoms with Crippen LogP contribution in [-0.4, -0.2) is 41.0 Å². The Morgan fingerprint density at radius 2 is 2.00 bits per heavy atom. The molecule has 0 saturated carbocycles. The minimum Gasteiger partial charge on any atom is -0.492 e. The number of aryl methyl sites for hydroxylation is 1. The number of halogens is 1. The quantitative estimate of drug-likeness (QED) is 0.0849. The number of thiazole rings is 1. The van der Waals surface area contributed by atoms with Gasteiger partial charge in [0.25, 0.3) is 5.56 Å². The van der Waals surface area contributed by atoms with Crippen molar-refractivity contribution in [2.75, 3.05) is 12.0 Å². The van der Waals surface area contributed by atoms with Crippen LogP contribution in [0.3, 0.4) is 0 Å². The summed E-state index contributed by atoms with van der Waals surface area (Å²) >= 11 is 2.82. The summed E-state index contributed by atoms with van der Waals surface area (Å²) in [5.74, 6) is -0.0850. The molecule has 0 aliphatic heterocycles. The summed E-state index contributed by atoms with van der Waals surface area (Å²) in [6, 6.07) is 12.2. The van der Waals surface area contributed by atoms with E-state index in [-0.39, 0.29) is 11.4 Å². The number of thioether (sulfide) groups is 1. The van der Waals surface area contributed by atoms with Crippen LogP contribution in [0.15, 0.2) is 87.7 Å². The van der Waals surface area contributed by atoms with E-state index < -0.39 is 11.9 Å². The van der Waals surface area contributed by atoms with Gasteiger partial charge in [0.2, 0.25) is 0 Å². The lowest BCUT2D eigenvalue weighted by Crippen LogP contribution is -2.27. The molecule has 0 spiro atoms. The summed E-state index contributed by atoms with van der Waals surface area (Å²) in [7, 11) is 1.79. The average molecular weight is 615 g/mol. The lowest BCUT2D eigenvalue weighted by molar-refractivity contribution is 0.316. The number of fused-ring (bicyclic) bond motifs is 2. The molecule has 5 heterocycles. The Morgan fingerprint density at radius 1 is 1.14 bits per heavy atom. The molecule has 0 unspecified atom stereocenters. The van der Waals surface area contributed by atoms with E-state index in [0.29, 0.717) is 33.9 Å². The van der Waals surface area contributed by atoms with E-state index >= 15 is 4.39 Å². The highest BCUT2D eigenvalue weighted by atomic mass is 32.2. The van der Waals surface area contributed by atoms with E-state index in [1.807, 2.05) is 38.1 Å². The Labute approximate surface area is 254 Å². The number of aromatic nitrogens is 6. The summed E-state index contributed by atoms with van der Waals surface area (Å²) in [5, 5.41) is 9.61. The molecular weight excluding hydrogens is 588 g/mol. The van der Waals surface area contributed by atoms with Gasteiger partial charge in [-0.05, 0) is 55.4 Å². The number of pyridine rings is 3. The van der Waals surface area contributed by atoms with E-state index in [0.717, 1.165) is 26.5 Å². The number of nitrogens with one attached hydrogen (secondary N) is 1. The van der Waals surface area contributed by atoms with Crippen LogP contribution in [0.1, 0.15) is 26.3 Å².